The maximum absolute atomic E-state index is 12.1. The van der Waals surface area contributed by atoms with Gasteiger partial charge in [0.25, 0.3) is 0 Å². The SMILES string of the molecule is CCN1c2c(CN)cccc2NC(=O)C1(C)C. The van der Waals surface area contributed by atoms with Gasteiger partial charge in [0.05, 0.1) is 11.4 Å². The van der Waals surface area contributed by atoms with E-state index in [0.29, 0.717) is 6.54 Å². The van der Waals surface area contributed by atoms with E-state index < -0.39 is 5.54 Å². The van der Waals surface area contributed by atoms with E-state index >= 15 is 0 Å². The highest BCUT2D eigenvalue weighted by Crippen LogP contribution is 2.38. The number of hydrogen-bond donors (Lipinski definition) is 2. The highest BCUT2D eigenvalue weighted by Gasteiger charge is 2.39. The molecule has 0 radical (unpaired) electrons. The van der Waals surface area contributed by atoms with E-state index in [-0.39, 0.29) is 5.91 Å². The molecule has 17 heavy (non-hydrogen) atoms. The zero-order valence-electron chi connectivity index (χ0n) is 10.6. The van der Waals surface area contributed by atoms with E-state index in [2.05, 4.69) is 17.1 Å². The molecule has 0 saturated carbocycles. The first-order valence-corrected chi connectivity index (χ1v) is 5.93. The van der Waals surface area contributed by atoms with Crippen LogP contribution in [-0.4, -0.2) is 18.0 Å². The van der Waals surface area contributed by atoms with Crippen molar-refractivity contribution in [2.45, 2.75) is 32.9 Å². The molecule has 1 heterocycles. The van der Waals surface area contributed by atoms with Gasteiger partial charge in [0.1, 0.15) is 5.54 Å². The number of nitrogens with one attached hydrogen (secondary N) is 1. The number of carbonyl (C=O) groups excluding carboxylic acids is 1. The van der Waals surface area contributed by atoms with Crippen molar-refractivity contribution in [2.24, 2.45) is 5.73 Å². The van der Waals surface area contributed by atoms with Crippen LogP contribution >= 0.6 is 0 Å². The smallest absolute Gasteiger partial charge is 0.249 e. The quantitative estimate of drug-likeness (QED) is 0.817. The van der Waals surface area contributed by atoms with Gasteiger partial charge in [-0.25, -0.2) is 0 Å². The third-order valence-corrected chi connectivity index (χ3v) is 3.40. The number of para-hydroxylation sites is 1. The molecule has 2 rings (SSSR count). The van der Waals surface area contributed by atoms with Gasteiger partial charge in [-0.15, -0.1) is 0 Å². The van der Waals surface area contributed by atoms with Crippen LogP contribution in [0, 0.1) is 0 Å². The molecule has 0 atom stereocenters. The van der Waals surface area contributed by atoms with Gasteiger partial charge in [-0.2, -0.15) is 0 Å². The van der Waals surface area contributed by atoms with Crippen LogP contribution in [0.1, 0.15) is 26.3 Å². The summed E-state index contributed by atoms with van der Waals surface area (Å²) >= 11 is 0. The fraction of sp³-hybridized carbons (Fsp3) is 0.462. The van der Waals surface area contributed by atoms with Crippen molar-refractivity contribution in [3.8, 4) is 0 Å². The van der Waals surface area contributed by atoms with E-state index in [9.17, 15) is 4.79 Å². The Morgan fingerprint density at radius 1 is 1.41 bits per heavy atom. The Kier molecular flexibility index (Phi) is 2.83. The minimum atomic E-state index is -0.535. The maximum Gasteiger partial charge on any atom is 0.249 e. The Hall–Kier alpha value is -1.55. The number of anilines is 2. The van der Waals surface area contributed by atoms with Gasteiger partial charge in [-0.05, 0) is 32.4 Å². The summed E-state index contributed by atoms with van der Waals surface area (Å²) < 4.78 is 0. The summed E-state index contributed by atoms with van der Waals surface area (Å²) in [5.41, 5.74) is 8.22. The van der Waals surface area contributed by atoms with Crippen LogP contribution in [0.25, 0.3) is 0 Å². The largest absolute Gasteiger partial charge is 0.356 e. The molecule has 0 aromatic heterocycles. The molecule has 0 bridgehead atoms. The molecule has 4 heteroatoms. The molecule has 0 spiro atoms. The molecule has 1 aliphatic rings. The van der Waals surface area contributed by atoms with Gasteiger partial charge in [0.2, 0.25) is 5.91 Å². The highest BCUT2D eigenvalue weighted by molar-refractivity contribution is 6.06. The van der Waals surface area contributed by atoms with Gasteiger partial charge in [0, 0.05) is 13.1 Å². The van der Waals surface area contributed by atoms with E-state index in [4.69, 9.17) is 5.73 Å². The molecule has 0 unspecified atom stereocenters. The van der Waals surface area contributed by atoms with Crippen LogP contribution in [0.4, 0.5) is 11.4 Å². The molecule has 0 fully saturated rings. The number of nitrogens with zero attached hydrogens (tertiary/aromatic N) is 1. The Morgan fingerprint density at radius 2 is 2.12 bits per heavy atom. The van der Waals surface area contributed by atoms with Gasteiger partial charge >= 0.3 is 0 Å². The number of rotatable bonds is 2. The second-order valence-electron chi connectivity index (χ2n) is 4.77. The summed E-state index contributed by atoms with van der Waals surface area (Å²) in [5.74, 6) is 0.0287. The van der Waals surface area contributed by atoms with E-state index in [0.717, 1.165) is 23.5 Å². The number of amides is 1. The number of fused-ring (bicyclic) bond motifs is 1. The third kappa shape index (κ3) is 1.69. The van der Waals surface area contributed by atoms with Gasteiger partial charge in [-0.3, -0.25) is 4.79 Å². The van der Waals surface area contributed by atoms with Crippen molar-refractivity contribution in [1.29, 1.82) is 0 Å². The average Bonchev–Trinajstić information content (AvgIpc) is 2.30. The minimum absolute atomic E-state index is 0.0287. The van der Waals surface area contributed by atoms with E-state index in [1.54, 1.807) is 0 Å². The summed E-state index contributed by atoms with van der Waals surface area (Å²) in [5, 5.41) is 2.95. The molecule has 0 saturated heterocycles. The first-order chi connectivity index (χ1) is 8.02. The molecular weight excluding hydrogens is 214 g/mol. The number of likely N-dealkylation sites (N-methyl/N-ethyl adjacent to an activating group) is 1. The van der Waals surface area contributed by atoms with Crippen LogP contribution in [0.15, 0.2) is 18.2 Å². The summed E-state index contributed by atoms with van der Waals surface area (Å²) in [4.78, 5) is 14.2. The summed E-state index contributed by atoms with van der Waals surface area (Å²) in [6, 6.07) is 5.85. The van der Waals surface area contributed by atoms with Gasteiger partial charge in [0.15, 0.2) is 0 Å². The van der Waals surface area contributed by atoms with Crippen LogP contribution in [0.2, 0.25) is 0 Å². The molecule has 92 valence electrons. The lowest BCUT2D eigenvalue weighted by Crippen LogP contribution is -2.56. The first kappa shape index (κ1) is 11.9. The normalized spacial score (nSPS) is 17.6. The molecule has 1 aromatic carbocycles. The van der Waals surface area contributed by atoms with Crippen LogP contribution in [-0.2, 0) is 11.3 Å². The predicted molar refractivity (Wildman–Crippen MR) is 70.1 cm³/mol. The topological polar surface area (TPSA) is 58.4 Å². The third-order valence-electron chi connectivity index (χ3n) is 3.40. The molecule has 1 aromatic rings. The van der Waals surface area contributed by atoms with Crippen molar-refractivity contribution < 1.29 is 4.79 Å². The number of carbonyl (C=O) groups is 1. The number of hydrogen-bond acceptors (Lipinski definition) is 3. The number of benzene rings is 1. The van der Waals surface area contributed by atoms with Crippen molar-refractivity contribution in [3.05, 3.63) is 23.8 Å². The summed E-state index contributed by atoms with van der Waals surface area (Å²) in [6.45, 7) is 7.18. The Balaban J connectivity index is 2.63. The second kappa shape index (κ2) is 4.04. The summed E-state index contributed by atoms with van der Waals surface area (Å²) in [7, 11) is 0. The zero-order chi connectivity index (χ0) is 12.6. The average molecular weight is 233 g/mol. The van der Waals surface area contributed by atoms with Crippen molar-refractivity contribution in [2.75, 3.05) is 16.8 Å². The van der Waals surface area contributed by atoms with Crippen molar-refractivity contribution in [3.63, 3.8) is 0 Å². The van der Waals surface area contributed by atoms with Gasteiger partial charge in [-0.1, -0.05) is 12.1 Å². The molecule has 4 nitrogen and oxygen atoms in total. The minimum Gasteiger partial charge on any atom is -0.356 e. The Labute approximate surface area is 102 Å². The van der Waals surface area contributed by atoms with Crippen LogP contribution in [0.3, 0.4) is 0 Å². The van der Waals surface area contributed by atoms with Crippen molar-refractivity contribution >= 4 is 17.3 Å². The van der Waals surface area contributed by atoms with Crippen molar-refractivity contribution in [1.82, 2.24) is 0 Å². The Bertz CT molecular complexity index is 454. The van der Waals surface area contributed by atoms with E-state index in [1.807, 2.05) is 32.0 Å². The molecule has 1 amide bonds. The fourth-order valence-corrected chi connectivity index (χ4v) is 2.41. The van der Waals surface area contributed by atoms with Crippen LogP contribution < -0.4 is 16.0 Å². The first-order valence-electron chi connectivity index (χ1n) is 5.93. The summed E-state index contributed by atoms with van der Waals surface area (Å²) in [6.07, 6.45) is 0. The number of nitrogens with two attached hydrogens (primary N) is 1. The lowest BCUT2D eigenvalue weighted by molar-refractivity contribution is -0.120. The fourth-order valence-electron chi connectivity index (χ4n) is 2.41. The monoisotopic (exact) mass is 233 g/mol. The lowest BCUT2D eigenvalue weighted by atomic mass is 9.94. The molecule has 0 aliphatic carbocycles. The van der Waals surface area contributed by atoms with Crippen LogP contribution in [0.5, 0.6) is 0 Å². The van der Waals surface area contributed by atoms with Gasteiger partial charge < -0.3 is 16.0 Å². The predicted octanol–water partition coefficient (Wildman–Crippen LogP) is 1.70. The standard InChI is InChI=1S/C13H19N3O/c1-4-16-11-9(8-14)6-5-7-10(11)15-12(17)13(16,2)3/h5-7H,4,8,14H2,1-3H3,(H,15,17). The molecular formula is C13H19N3O. The Morgan fingerprint density at radius 3 is 2.71 bits per heavy atom. The molecule has 3 N–H and O–H groups in total. The second-order valence-corrected chi connectivity index (χ2v) is 4.77. The highest BCUT2D eigenvalue weighted by atomic mass is 16.2. The maximum atomic E-state index is 12.1. The molecule has 1 aliphatic heterocycles. The zero-order valence-corrected chi connectivity index (χ0v) is 10.6. The van der Waals surface area contributed by atoms with E-state index in [1.165, 1.54) is 0 Å². The lowest BCUT2D eigenvalue weighted by Gasteiger charge is -2.44.